The molecule has 0 atom stereocenters. The van der Waals surface area contributed by atoms with Crippen molar-refractivity contribution < 1.29 is 14.3 Å². The van der Waals surface area contributed by atoms with E-state index in [1.165, 1.54) is 11.3 Å². The molecule has 98 valence electrons. The maximum absolute atomic E-state index is 12.3. The van der Waals surface area contributed by atoms with Crippen LogP contribution in [0.1, 0.15) is 39.5 Å². The third kappa shape index (κ3) is 1.92. The lowest BCUT2D eigenvalue weighted by atomic mass is 9.93. The van der Waals surface area contributed by atoms with Gasteiger partial charge >= 0.3 is 6.09 Å². The number of ether oxygens (including phenoxy) is 1. The summed E-state index contributed by atoms with van der Waals surface area (Å²) in [5.41, 5.74) is -0.606. The molecule has 1 aromatic heterocycles. The van der Waals surface area contributed by atoms with Gasteiger partial charge < -0.3 is 4.74 Å². The molecular weight excluding hydrogens is 250 g/mol. The smallest absolute Gasteiger partial charge is 0.421 e. The summed E-state index contributed by atoms with van der Waals surface area (Å²) >= 11 is 1.49. The Morgan fingerprint density at radius 2 is 2.00 bits per heavy atom. The van der Waals surface area contributed by atoms with Gasteiger partial charge in [-0.1, -0.05) is 0 Å². The first kappa shape index (κ1) is 13.1. The highest BCUT2D eigenvalue weighted by molar-refractivity contribution is 7.11. The average molecular weight is 267 g/mol. The van der Waals surface area contributed by atoms with Crippen LogP contribution >= 0.6 is 11.3 Å². The fraction of sp³-hybridized carbons (Fsp3) is 0.538. The molecule has 0 saturated carbocycles. The molecule has 0 aliphatic carbocycles. The summed E-state index contributed by atoms with van der Waals surface area (Å²) in [6, 6.07) is 1.79. The maximum atomic E-state index is 12.3. The van der Waals surface area contributed by atoms with Crippen molar-refractivity contribution >= 4 is 29.0 Å². The Morgan fingerprint density at radius 3 is 2.56 bits per heavy atom. The lowest BCUT2D eigenvalue weighted by molar-refractivity contribution is -0.121. The second-order valence-corrected chi connectivity index (χ2v) is 6.80. The van der Waals surface area contributed by atoms with Crippen molar-refractivity contribution in [3.05, 3.63) is 16.3 Å². The standard InChI is InChI=1S/C13H17NO3S/c1-12(2,3)17-11(16)14-8-6-7-18-9(8)13(4,5)10(14)15/h6-7H,1-5H3. The van der Waals surface area contributed by atoms with Gasteiger partial charge in [0.25, 0.3) is 0 Å². The molecule has 0 bridgehead atoms. The summed E-state index contributed by atoms with van der Waals surface area (Å²) in [7, 11) is 0. The van der Waals surface area contributed by atoms with Gasteiger partial charge in [-0.25, -0.2) is 9.69 Å². The van der Waals surface area contributed by atoms with Gasteiger partial charge in [-0.2, -0.15) is 0 Å². The van der Waals surface area contributed by atoms with Gasteiger partial charge in [-0.3, -0.25) is 4.79 Å². The molecule has 4 nitrogen and oxygen atoms in total. The van der Waals surface area contributed by atoms with E-state index in [2.05, 4.69) is 0 Å². The number of anilines is 1. The second-order valence-electron chi connectivity index (χ2n) is 5.88. The van der Waals surface area contributed by atoms with Crippen LogP contribution in [-0.4, -0.2) is 17.6 Å². The highest BCUT2D eigenvalue weighted by Crippen LogP contribution is 2.45. The fourth-order valence-electron chi connectivity index (χ4n) is 1.92. The van der Waals surface area contributed by atoms with Gasteiger partial charge in [-0.15, -0.1) is 11.3 Å². The van der Waals surface area contributed by atoms with Crippen LogP contribution in [-0.2, 0) is 14.9 Å². The highest BCUT2D eigenvalue weighted by atomic mass is 32.1. The molecule has 0 saturated heterocycles. The van der Waals surface area contributed by atoms with Crippen molar-refractivity contribution in [2.75, 3.05) is 4.90 Å². The molecule has 5 heteroatoms. The minimum Gasteiger partial charge on any atom is -0.443 e. The van der Waals surface area contributed by atoms with Gasteiger partial charge in [0.15, 0.2) is 0 Å². The number of hydrogen-bond acceptors (Lipinski definition) is 4. The fourth-order valence-corrected chi connectivity index (χ4v) is 2.92. The van der Waals surface area contributed by atoms with Crippen LogP contribution in [0.4, 0.5) is 10.5 Å². The molecule has 0 unspecified atom stereocenters. The minimum atomic E-state index is -0.652. The summed E-state index contributed by atoms with van der Waals surface area (Å²) in [4.78, 5) is 26.5. The van der Waals surface area contributed by atoms with Gasteiger partial charge in [0.2, 0.25) is 5.91 Å². The van der Waals surface area contributed by atoms with Crippen LogP contribution in [0.3, 0.4) is 0 Å². The van der Waals surface area contributed by atoms with Gasteiger partial charge in [-0.05, 0) is 46.1 Å². The van der Waals surface area contributed by atoms with Crippen LogP contribution in [0.25, 0.3) is 0 Å². The average Bonchev–Trinajstić information content (AvgIpc) is 2.69. The van der Waals surface area contributed by atoms with E-state index >= 15 is 0 Å². The molecule has 1 aliphatic heterocycles. The number of carbonyl (C=O) groups is 2. The quantitative estimate of drug-likeness (QED) is 0.724. The normalized spacial score (nSPS) is 17.8. The molecule has 2 amide bonds. The SMILES string of the molecule is CC(C)(C)OC(=O)N1C(=O)C(C)(C)c2sccc21. The first-order valence-corrected chi connectivity index (χ1v) is 6.68. The first-order chi connectivity index (χ1) is 8.14. The van der Waals surface area contributed by atoms with Crippen molar-refractivity contribution in [2.45, 2.75) is 45.6 Å². The number of carbonyl (C=O) groups excluding carboxylic acids is 2. The van der Waals surface area contributed by atoms with Crippen LogP contribution in [0, 0.1) is 0 Å². The minimum absolute atomic E-state index is 0.224. The number of thiophene rings is 1. The Labute approximate surface area is 111 Å². The Hall–Kier alpha value is -1.36. The van der Waals surface area contributed by atoms with E-state index in [1.54, 1.807) is 26.8 Å². The second kappa shape index (κ2) is 3.82. The van der Waals surface area contributed by atoms with E-state index in [-0.39, 0.29) is 5.91 Å². The third-order valence-corrected chi connectivity index (χ3v) is 3.99. The topological polar surface area (TPSA) is 46.6 Å². The molecule has 0 fully saturated rings. The highest BCUT2D eigenvalue weighted by Gasteiger charge is 2.48. The van der Waals surface area contributed by atoms with Crippen molar-refractivity contribution in [3.63, 3.8) is 0 Å². The first-order valence-electron chi connectivity index (χ1n) is 5.80. The lowest BCUT2D eigenvalue weighted by Crippen LogP contribution is -2.43. The van der Waals surface area contributed by atoms with Gasteiger partial charge in [0.1, 0.15) is 5.60 Å². The molecule has 0 aromatic carbocycles. The summed E-state index contributed by atoms with van der Waals surface area (Å²) < 4.78 is 5.28. The van der Waals surface area contributed by atoms with Crippen LogP contribution < -0.4 is 4.90 Å². The number of amides is 2. The zero-order valence-electron chi connectivity index (χ0n) is 11.2. The predicted molar refractivity (Wildman–Crippen MR) is 71.1 cm³/mol. The Kier molecular flexibility index (Phi) is 2.77. The molecule has 2 rings (SSSR count). The van der Waals surface area contributed by atoms with Crippen LogP contribution in [0.5, 0.6) is 0 Å². The maximum Gasteiger partial charge on any atom is 0.421 e. The van der Waals surface area contributed by atoms with Crippen molar-refractivity contribution in [1.82, 2.24) is 0 Å². The van der Waals surface area contributed by atoms with E-state index in [9.17, 15) is 9.59 Å². The zero-order chi connectivity index (χ0) is 13.7. The monoisotopic (exact) mass is 267 g/mol. The van der Waals surface area contributed by atoms with Crippen LogP contribution in [0.15, 0.2) is 11.4 Å². The number of nitrogens with zero attached hydrogens (tertiary/aromatic N) is 1. The Morgan fingerprint density at radius 1 is 1.39 bits per heavy atom. The zero-order valence-corrected chi connectivity index (χ0v) is 12.1. The largest absolute Gasteiger partial charge is 0.443 e. The molecule has 0 N–H and O–H groups in total. The van der Waals surface area contributed by atoms with E-state index in [1.807, 2.05) is 19.2 Å². The van der Waals surface area contributed by atoms with Gasteiger partial charge in [0.05, 0.1) is 11.1 Å². The molecule has 1 aliphatic rings. The lowest BCUT2D eigenvalue weighted by Gasteiger charge is -2.24. The van der Waals surface area contributed by atoms with E-state index in [0.29, 0.717) is 5.69 Å². The molecule has 0 spiro atoms. The summed E-state index contributed by atoms with van der Waals surface area (Å²) in [5.74, 6) is -0.224. The summed E-state index contributed by atoms with van der Waals surface area (Å²) in [5, 5.41) is 1.89. The molecule has 0 radical (unpaired) electrons. The number of imide groups is 1. The number of hydrogen-bond donors (Lipinski definition) is 0. The number of rotatable bonds is 0. The molecule has 2 heterocycles. The van der Waals surface area contributed by atoms with Gasteiger partial charge in [0, 0.05) is 4.88 Å². The van der Waals surface area contributed by atoms with E-state index in [0.717, 1.165) is 9.78 Å². The van der Waals surface area contributed by atoms with E-state index < -0.39 is 17.1 Å². The van der Waals surface area contributed by atoms with Crippen molar-refractivity contribution in [2.24, 2.45) is 0 Å². The predicted octanol–water partition coefficient (Wildman–Crippen LogP) is 3.31. The number of fused-ring (bicyclic) bond motifs is 1. The summed E-state index contributed by atoms with van der Waals surface area (Å²) in [6.45, 7) is 9.01. The molecular formula is C13H17NO3S. The van der Waals surface area contributed by atoms with Crippen molar-refractivity contribution in [3.8, 4) is 0 Å². The van der Waals surface area contributed by atoms with Crippen LogP contribution in [0.2, 0.25) is 0 Å². The molecule has 18 heavy (non-hydrogen) atoms. The summed E-state index contributed by atoms with van der Waals surface area (Å²) in [6.07, 6.45) is -0.599. The van der Waals surface area contributed by atoms with Crippen molar-refractivity contribution in [1.29, 1.82) is 0 Å². The molecule has 1 aromatic rings. The van der Waals surface area contributed by atoms with E-state index in [4.69, 9.17) is 4.74 Å². The Bertz CT molecular complexity index is 511. The third-order valence-electron chi connectivity index (χ3n) is 2.77. The Balaban J connectivity index is 2.37.